The molecule has 2 aromatic rings. The van der Waals surface area contributed by atoms with Crippen LogP contribution in [0.25, 0.3) is 0 Å². The van der Waals surface area contributed by atoms with Crippen LogP contribution in [0.4, 0.5) is 5.88 Å². The number of imide groups is 1. The van der Waals surface area contributed by atoms with Crippen LogP contribution in [0.2, 0.25) is 0 Å². The predicted molar refractivity (Wildman–Crippen MR) is 113 cm³/mol. The Morgan fingerprint density at radius 3 is 2.38 bits per heavy atom. The van der Waals surface area contributed by atoms with Gasteiger partial charge in [0.05, 0.1) is 17.7 Å². The van der Waals surface area contributed by atoms with E-state index >= 15 is 0 Å². The zero-order chi connectivity index (χ0) is 23.7. The van der Waals surface area contributed by atoms with Crippen molar-refractivity contribution in [3.8, 4) is 0 Å². The van der Waals surface area contributed by atoms with E-state index in [2.05, 4.69) is 5.32 Å². The van der Waals surface area contributed by atoms with Crippen LogP contribution in [-0.4, -0.2) is 47.1 Å². The Balaban J connectivity index is 1.94. The lowest BCUT2D eigenvalue weighted by molar-refractivity contribution is 0.0519. The number of primary amides is 1. The van der Waals surface area contributed by atoms with Crippen molar-refractivity contribution in [1.29, 1.82) is 0 Å². The van der Waals surface area contributed by atoms with Crippen molar-refractivity contribution in [2.45, 2.75) is 40.2 Å². The van der Waals surface area contributed by atoms with Gasteiger partial charge in [-0.15, -0.1) is 0 Å². The molecule has 2 heterocycles. The van der Waals surface area contributed by atoms with Crippen LogP contribution in [0, 0.1) is 6.92 Å². The maximum atomic E-state index is 12.8. The van der Waals surface area contributed by atoms with Crippen LogP contribution in [0.5, 0.6) is 0 Å². The van der Waals surface area contributed by atoms with Gasteiger partial charge in [-0.2, -0.15) is 0 Å². The molecule has 0 bridgehead atoms. The fourth-order valence-corrected chi connectivity index (χ4v) is 3.48. The third-order valence-electron chi connectivity index (χ3n) is 5.25. The summed E-state index contributed by atoms with van der Waals surface area (Å²) in [6, 6.07) is 3.80. The largest absolute Gasteiger partial charge is 0.462 e. The molecule has 1 aliphatic rings. The van der Waals surface area contributed by atoms with Gasteiger partial charge in [0, 0.05) is 11.6 Å². The van der Waals surface area contributed by atoms with Crippen LogP contribution in [0.15, 0.2) is 22.6 Å². The number of hydrogen-bond donors (Lipinski definition) is 2. The van der Waals surface area contributed by atoms with Crippen LogP contribution < -0.4 is 11.1 Å². The van der Waals surface area contributed by atoms with Gasteiger partial charge in [0.1, 0.15) is 16.9 Å². The average Bonchev–Trinajstić information content (AvgIpc) is 3.20. The van der Waals surface area contributed by atoms with E-state index < -0.39 is 29.6 Å². The van der Waals surface area contributed by atoms with E-state index in [1.807, 2.05) is 6.92 Å². The van der Waals surface area contributed by atoms with E-state index in [1.54, 1.807) is 13.8 Å². The number of rotatable bonds is 7. The van der Waals surface area contributed by atoms with Gasteiger partial charge in [-0.3, -0.25) is 29.4 Å². The maximum Gasteiger partial charge on any atom is 0.342 e. The van der Waals surface area contributed by atoms with Crippen molar-refractivity contribution >= 4 is 35.5 Å². The van der Waals surface area contributed by atoms with E-state index in [1.165, 1.54) is 30.0 Å². The third kappa shape index (κ3) is 3.75. The molecule has 4 amide bonds. The van der Waals surface area contributed by atoms with Crippen LogP contribution >= 0.6 is 0 Å². The molecule has 1 aromatic heterocycles. The minimum atomic E-state index is -0.987. The molecule has 3 rings (SSSR count). The van der Waals surface area contributed by atoms with Gasteiger partial charge in [-0.25, -0.2) is 4.79 Å². The molecule has 32 heavy (non-hydrogen) atoms. The first-order valence-corrected chi connectivity index (χ1v) is 10.1. The summed E-state index contributed by atoms with van der Waals surface area (Å²) >= 11 is 0. The lowest BCUT2D eigenvalue weighted by atomic mass is 10.1. The number of nitrogens with two attached hydrogens (primary N) is 1. The molecule has 3 N–H and O–H groups in total. The molecular formula is C22H23N3O7. The van der Waals surface area contributed by atoms with Crippen molar-refractivity contribution in [1.82, 2.24) is 4.90 Å². The summed E-state index contributed by atoms with van der Waals surface area (Å²) in [5.41, 5.74) is 5.28. The number of amides is 4. The summed E-state index contributed by atoms with van der Waals surface area (Å²) in [6.45, 7) is 6.72. The van der Waals surface area contributed by atoms with E-state index in [-0.39, 0.29) is 52.1 Å². The number of ether oxygens (including phenoxy) is 1. The molecule has 0 fully saturated rings. The number of carbonyl (C=O) groups excluding carboxylic acids is 5. The number of carbonyl (C=O) groups is 5. The smallest absolute Gasteiger partial charge is 0.342 e. The summed E-state index contributed by atoms with van der Waals surface area (Å²) in [5, 5.41) is 2.40. The quantitative estimate of drug-likeness (QED) is 0.495. The Morgan fingerprint density at radius 1 is 1.12 bits per heavy atom. The number of nitrogens with one attached hydrogen (secondary N) is 1. The Kier molecular flexibility index (Phi) is 6.15. The summed E-state index contributed by atoms with van der Waals surface area (Å²) in [6.07, 6.45) is 0.593. The molecule has 168 valence electrons. The Labute approximate surface area is 183 Å². The van der Waals surface area contributed by atoms with Crippen LogP contribution in [0.1, 0.15) is 84.7 Å². The molecule has 1 atom stereocenters. The van der Waals surface area contributed by atoms with Crippen molar-refractivity contribution < 1.29 is 33.1 Å². The van der Waals surface area contributed by atoms with Gasteiger partial charge in [0.2, 0.25) is 5.88 Å². The number of aryl methyl sites for hydroxylation is 1. The van der Waals surface area contributed by atoms with Crippen LogP contribution in [0.3, 0.4) is 0 Å². The molecule has 1 aromatic carbocycles. The Hall–Kier alpha value is -3.95. The number of anilines is 1. The van der Waals surface area contributed by atoms with Gasteiger partial charge in [-0.1, -0.05) is 6.92 Å². The molecule has 10 nitrogen and oxygen atoms in total. The highest BCUT2D eigenvalue weighted by atomic mass is 16.5. The highest BCUT2D eigenvalue weighted by Gasteiger charge is 2.38. The third-order valence-corrected chi connectivity index (χ3v) is 5.25. The normalized spacial score (nSPS) is 13.7. The monoisotopic (exact) mass is 441 g/mol. The number of nitrogens with zero attached hydrogens (tertiary/aromatic N) is 1. The summed E-state index contributed by atoms with van der Waals surface area (Å²) < 4.78 is 10.3. The lowest BCUT2D eigenvalue weighted by Gasteiger charge is -2.20. The molecule has 0 radical (unpaired) electrons. The molecular weight excluding hydrogens is 418 g/mol. The highest BCUT2D eigenvalue weighted by molar-refractivity contribution is 6.22. The zero-order valence-electron chi connectivity index (χ0n) is 18.1. The molecule has 1 unspecified atom stereocenters. The first-order chi connectivity index (χ1) is 15.1. The Morgan fingerprint density at radius 2 is 1.78 bits per heavy atom. The number of esters is 1. The van der Waals surface area contributed by atoms with Crippen molar-refractivity contribution in [3.05, 3.63) is 51.8 Å². The van der Waals surface area contributed by atoms with E-state index in [9.17, 15) is 24.0 Å². The summed E-state index contributed by atoms with van der Waals surface area (Å²) in [4.78, 5) is 63.4. The molecule has 0 aliphatic carbocycles. The molecule has 0 saturated heterocycles. The topological polar surface area (TPSA) is 149 Å². The second-order valence-electron chi connectivity index (χ2n) is 7.27. The lowest BCUT2D eigenvalue weighted by Crippen LogP contribution is -2.37. The fourth-order valence-electron chi connectivity index (χ4n) is 3.48. The number of furan rings is 1. The molecule has 1 aliphatic heterocycles. The van der Waals surface area contributed by atoms with E-state index in [4.69, 9.17) is 14.9 Å². The SMILES string of the molecule is CCOC(=O)c1c(C)oc(NC(=O)c2ccc3c(c2)C(=O)N(C(C)CC)C3=O)c1C(N)=O. The number of hydrogen-bond acceptors (Lipinski definition) is 7. The number of fused-ring (bicyclic) bond motifs is 1. The van der Waals surface area contributed by atoms with Gasteiger partial charge >= 0.3 is 5.97 Å². The predicted octanol–water partition coefficient (Wildman–Crippen LogP) is 2.51. The maximum absolute atomic E-state index is 12.8. The van der Waals surface area contributed by atoms with Crippen LogP contribution in [-0.2, 0) is 4.74 Å². The van der Waals surface area contributed by atoms with Crippen molar-refractivity contribution in [2.75, 3.05) is 11.9 Å². The molecule has 10 heteroatoms. The van der Waals surface area contributed by atoms with Gasteiger partial charge in [0.25, 0.3) is 23.6 Å². The number of benzene rings is 1. The minimum Gasteiger partial charge on any atom is -0.462 e. The summed E-state index contributed by atoms with van der Waals surface area (Å²) in [7, 11) is 0. The van der Waals surface area contributed by atoms with Gasteiger partial charge in [-0.05, 0) is 45.4 Å². The molecule has 0 saturated carbocycles. The van der Waals surface area contributed by atoms with Crippen molar-refractivity contribution in [3.63, 3.8) is 0 Å². The Bertz CT molecular complexity index is 1150. The molecule has 0 spiro atoms. The standard InChI is InChI=1S/C22H23N3O7/c1-5-10(3)25-20(28)13-8-7-12(9-14(13)21(25)29)18(27)24-19-16(17(23)26)15(11(4)32-19)22(30)31-6-2/h7-10H,5-6H2,1-4H3,(H2,23,26)(H,24,27). The first-order valence-electron chi connectivity index (χ1n) is 10.1. The van der Waals surface area contributed by atoms with Gasteiger partial charge < -0.3 is 14.9 Å². The average molecular weight is 441 g/mol. The summed E-state index contributed by atoms with van der Waals surface area (Å²) in [5.74, 6) is -3.68. The van der Waals surface area contributed by atoms with E-state index in [0.717, 1.165) is 0 Å². The first kappa shape index (κ1) is 22.7. The fraction of sp³-hybridized carbons (Fsp3) is 0.318. The second kappa shape index (κ2) is 8.66. The second-order valence-corrected chi connectivity index (χ2v) is 7.27. The minimum absolute atomic E-state index is 0.0477. The van der Waals surface area contributed by atoms with Crippen molar-refractivity contribution in [2.24, 2.45) is 5.73 Å². The van der Waals surface area contributed by atoms with E-state index in [0.29, 0.717) is 6.42 Å². The van der Waals surface area contributed by atoms with Gasteiger partial charge in [0.15, 0.2) is 0 Å². The highest BCUT2D eigenvalue weighted by Crippen LogP contribution is 2.30. The zero-order valence-corrected chi connectivity index (χ0v) is 18.1.